The number of anilines is 1. The van der Waals surface area contributed by atoms with Gasteiger partial charge in [0.1, 0.15) is 12.0 Å². The summed E-state index contributed by atoms with van der Waals surface area (Å²) in [5, 5.41) is 13.6. The Bertz CT molecular complexity index is 368. The number of hydrogen-bond donors (Lipinski definition) is 1. The lowest BCUT2D eigenvalue weighted by molar-refractivity contribution is -0.385. The Morgan fingerprint density at radius 1 is 1.62 bits per heavy atom. The third kappa shape index (κ3) is 3.47. The maximum atomic E-state index is 10.6. The van der Waals surface area contributed by atoms with Crippen LogP contribution >= 0.6 is 0 Å². The van der Waals surface area contributed by atoms with E-state index in [1.165, 1.54) is 6.20 Å². The molecule has 6 heteroatoms. The quantitative estimate of drug-likeness (QED) is 0.453. The summed E-state index contributed by atoms with van der Waals surface area (Å²) < 4.78 is 4.90. The molecule has 0 aliphatic heterocycles. The molecule has 1 heterocycles. The number of nitro groups is 1. The van der Waals surface area contributed by atoms with Gasteiger partial charge in [0.25, 0.3) is 5.69 Å². The Balaban J connectivity index is 2.56. The van der Waals surface area contributed by atoms with E-state index in [4.69, 9.17) is 4.74 Å². The molecule has 88 valence electrons. The smallest absolute Gasteiger partial charge is 0.290 e. The lowest BCUT2D eigenvalue weighted by atomic mass is 10.2. The van der Waals surface area contributed by atoms with Crippen LogP contribution in [-0.4, -0.2) is 30.2 Å². The molecule has 0 amide bonds. The third-order valence-corrected chi connectivity index (χ3v) is 2.11. The Hall–Kier alpha value is -1.69. The van der Waals surface area contributed by atoms with Crippen molar-refractivity contribution < 1.29 is 9.66 Å². The van der Waals surface area contributed by atoms with Crippen LogP contribution in [-0.2, 0) is 4.74 Å². The van der Waals surface area contributed by atoms with Crippen molar-refractivity contribution in [1.29, 1.82) is 0 Å². The highest BCUT2D eigenvalue weighted by atomic mass is 16.6. The standard InChI is InChI=1S/C10H15N3O3/c1-8-6-10(11-4-3-5-16-2)12-7-9(8)13(14)15/h6-7H,3-5H2,1-2H3,(H,11,12). The van der Waals surface area contributed by atoms with Gasteiger partial charge in [-0.3, -0.25) is 10.1 Å². The Kier molecular flexibility index (Phi) is 4.65. The summed E-state index contributed by atoms with van der Waals surface area (Å²) in [6.07, 6.45) is 2.14. The second-order valence-electron chi connectivity index (χ2n) is 3.39. The van der Waals surface area contributed by atoms with Crippen LogP contribution in [0.15, 0.2) is 12.3 Å². The van der Waals surface area contributed by atoms with Crippen LogP contribution < -0.4 is 5.32 Å². The average molecular weight is 225 g/mol. The van der Waals surface area contributed by atoms with E-state index in [1.807, 2.05) is 0 Å². The summed E-state index contributed by atoms with van der Waals surface area (Å²) in [7, 11) is 1.65. The van der Waals surface area contributed by atoms with Crippen molar-refractivity contribution >= 4 is 11.5 Å². The second-order valence-corrected chi connectivity index (χ2v) is 3.39. The van der Waals surface area contributed by atoms with E-state index in [-0.39, 0.29) is 5.69 Å². The van der Waals surface area contributed by atoms with Gasteiger partial charge in [-0.25, -0.2) is 4.98 Å². The monoisotopic (exact) mass is 225 g/mol. The number of ether oxygens (including phenoxy) is 1. The fourth-order valence-corrected chi connectivity index (χ4v) is 1.27. The number of pyridine rings is 1. The number of rotatable bonds is 6. The van der Waals surface area contributed by atoms with Gasteiger partial charge < -0.3 is 10.1 Å². The van der Waals surface area contributed by atoms with E-state index < -0.39 is 4.92 Å². The van der Waals surface area contributed by atoms with Crippen LogP contribution in [0.3, 0.4) is 0 Å². The van der Waals surface area contributed by atoms with Crippen LogP contribution in [0.4, 0.5) is 11.5 Å². The molecule has 0 unspecified atom stereocenters. The summed E-state index contributed by atoms with van der Waals surface area (Å²) in [5.41, 5.74) is 0.650. The first-order valence-corrected chi connectivity index (χ1v) is 4.99. The third-order valence-electron chi connectivity index (χ3n) is 2.11. The van der Waals surface area contributed by atoms with Crippen molar-refractivity contribution in [2.45, 2.75) is 13.3 Å². The molecular formula is C10H15N3O3. The van der Waals surface area contributed by atoms with Gasteiger partial charge in [0.2, 0.25) is 0 Å². The predicted octanol–water partition coefficient (Wildman–Crippen LogP) is 1.75. The van der Waals surface area contributed by atoms with E-state index in [2.05, 4.69) is 10.3 Å². The molecular weight excluding hydrogens is 210 g/mol. The Morgan fingerprint density at radius 3 is 2.94 bits per heavy atom. The fourth-order valence-electron chi connectivity index (χ4n) is 1.27. The predicted molar refractivity (Wildman–Crippen MR) is 60.6 cm³/mol. The van der Waals surface area contributed by atoms with Crippen LogP contribution in [0.2, 0.25) is 0 Å². The lowest BCUT2D eigenvalue weighted by Gasteiger charge is -2.05. The van der Waals surface area contributed by atoms with E-state index in [0.29, 0.717) is 18.0 Å². The van der Waals surface area contributed by atoms with Crippen molar-refractivity contribution in [3.8, 4) is 0 Å². The summed E-state index contributed by atoms with van der Waals surface area (Å²) in [5.74, 6) is 0.652. The van der Waals surface area contributed by atoms with Crippen LogP contribution in [0.25, 0.3) is 0 Å². The molecule has 0 bridgehead atoms. The zero-order valence-electron chi connectivity index (χ0n) is 9.40. The Labute approximate surface area is 93.8 Å². The normalized spacial score (nSPS) is 10.1. The summed E-state index contributed by atoms with van der Waals surface area (Å²) in [4.78, 5) is 14.1. The van der Waals surface area contributed by atoms with E-state index in [9.17, 15) is 10.1 Å². The number of hydrogen-bond acceptors (Lipinski definition) is 5. The topological polar surface area (TPSA) is 77.3 Å². The maximum absolute atomic E-state index is 10.6. The first-order valence-electron chi connectivity index (χ1n) is 4.99. The molecule has 1 aromatic heterocycles. The number of aromatic nitrogens is 1. The second kappa shape index (κ2) is 6.02. The van der Waals surface area contributed by atoms with Crippen LogP contribution in [0.1, 0.15) is 12.0 Å². The van der Waals surface area contributed by atoms with Crippen molar-refractivity contribution in [2.24, 2.45) is 0 Å². The summed E-state index contributed by atoms with van der Waals surface area (Å²) in [6.45, 7) is 3.11. The largest absolute Gasteiger partial charge is 0.385 e. The van der Waals surface area contributed by atoms with E-state index >= 15 is 0 Å². The highest BCUT2D eigenvalue weighted by molar-refractivity contribution is 5.46. The van der Waals surface area contributed by atoms with Crippen molar-refractivity contribution in [2.75, 3.05) is 25.6 Å². The lowest BCUT2D eigenvalue weighted by Crippen LogP contribution is -2.06. The van der Waals surface area contributed by atoms with Crippen molar-refractivity contribution in [3.63, 3.8) is 0 Å². The molecule has 1 N–H and O–H groups in total. The minimum Gasteiger partial charge on any atom is -0.385 e. The molecule has 6 nitrogen and oxygen atoms in total. The number of aryl methyl sites for hydroxylation is 1. The molecule has 0 aliphatic rings. The molecule has 1 rings (SSSR count). The van der Waals surface area contributed by atoms with Gasteiger partial charge in [-0.2, -0.15) is 0 Å². The van der Waals surface area contributed by atoms with Crippen LogP contribution in [0.5, 0.6) is 0 Å². The molecule has 0 spiro atoms. The molecule has 0 atom stereocenters. The molecule has 1 aromatic rings. The fraction of sp³-hybridized carbons (Fsp3) is 0.500. The molecule has 0 radical (unpaired) electrons. The molecule has 16 heavy (non-hydrogen) atoms. The van der Waals surface area contributed by atoms with Crippen molar-refractivity contribution in [3.05, 3.63) is 27.9 Å². The number of nitrogens with zero attached hydrogens (tertiary/aromatic N) is 2. The Morgan fingerprint density at radius 2 is 2.38 bits per heavy atom. The maximum Gasteiger partial charge on any atom is 0.290 e. The molecule has 0 saturated carbocycles. The van der Waals surface area contributed by atoms with Crippen molar-refractivity contribution in [1.82, 2.24) is 4.98 Å². The minimum atomic E-state index is -0.433. The summed E-state index contributed by atoms with van der Waals surface area (Å²) in [6, 6.07) is 1.67. The van der Waals surface area contributed by atoms with Gasteiger partial charge in [0.05, 0.1) is 4.92 Å². The van der Waals surface area contributed by atoms with Gasteiger partial charge >= 0.3 is 0 Å². The van der Waals surface area contributed by atoms with Gasteiger partial charge in [-0.05, 0) is 19.4 Å². The van der Waals surface area contributed by atoms with Gasteiger partial charge in [-0.15, -0.1) is 0 Å². The highest BCUT2D eigenvalue weighted by Crippen LogP contribution is 2.18. The SMILES string of the molecule is COCCCNc1cc(C)c([N+](=O)[O-])cn1. The van der Waals surface area contributed by atoms with Gasteiger partial charge in [0, 0.05) is 25.8 Å². The molecule has 0 saturated heterocycles. The zero-order chi connectivity index (χ0) is 12.0. The van der Waals surface area contributed by atoms with E-state index in [0.717, 1.165) is 13.0 Å². The van der Waals surface area contributed by atoms with Gasteiger partial charge in [0.15, 0.2) is 0 Å². The molecule has 0 aromatic carbocycles. The van der Waals surface area contributed by atoms with E-state index in [1.54, 1.807) is 20.1 Å². The zero-order valence-corrected chi connectivity index (χ0v) is 9.40. The number of methoxy groups -OCH3 is 1. The highest BCUT2D eigenvalue weighted by Gasteiger charge is 2.10. The minimum absolute atomic E-state index is 0.0439. The molecule has 0 fully saturated rings. The summed E-state index contributed by atoms with van der Waals surface area (Å²) >= 11 is 0. The first-order chi connectivity index (χ1) is 7.65. The average Bonchev–Trinajstić information content (AvgIpc) is 2.24. The van der Waals surface area contributed by atoms with Crippen LogP contribution in [0, 0.1) is 17.0 Å². The van der Waals surface area contributed by atoms with Gasteiger partial charge in [-0.1, -0.05) is 0 Å². The first kappa shape index (κ1) is 12.4. The molecule has 0 aliphatic carbocycles. The number of nitrogens with one attached hydrogen (secondary N) is 1.